The maximum atomic E-state index is 14.0. The quantitative estimate of drug-likeness (QED) is 0.424. The first-order valence-electron chi connectivity index (χ1n) is 14.4. The maximum absolute atomic E-state index is 14.0. The number of aromatic nitrogens is 2. The van der Waals surface area contributed by atoms with Crippen LogP contribution in [-0.4, -0.2) is 83.6 Å². The normalized spacial score (nSPS) is 16.6. The average Bonchev–Trinajstić information content (AvgIpc) is 3.41. The van der Waals surface area contributed by atoms with Crippen LogP contribution in [0.4, 0.5) is 10.5 Å². The third-order valence-corrected chi connectivity index (χ3v) is 7.80. The Hall–Kier alpha value is -4.01. The summed E-state index contributed by atoms with van der Waals surface area (Å²) in [5, 5.41) is 4.74. The molecule has 0 spiro atoms. The SMILES string of the molecule is COc1cccc(N2CCN(C(=O)c3cnn(-c4cccc(C)c4)c3C3CCN(C(=O)OC(C)(C)C)CC3)CC2)c1. The summed E-state index contributed by atoms with van der Waals surface area (Å²) in [5.74, 6) is 0.930. The molecule has 1 aromatic heterocycles. The van der Waals surface area contributed by atoms with E-state index >= 15 is 0 Å². The molecule has 0 radical (unpaired) electrons. The van der Waals surface area contributed by atoms with E-state index in [1.807, 2.05) is 60.7 Å². The van der Waals surface area contributed by atoms with Crippen molar-refractivity contribution in [2.24, 2.45) is 0 Å². The van der Waals surface area contributed by atoms with Gasteiger partial charge in [0.25, 0.3) is 5.91 Å². The molecule has 5 rings (SSSR count). The van der Waals surface area contributed by atoms with Crippen LogP contribution in [0.3, 0.4) is 0 Å². The highest BCUT2D eigenvalue weighted by Gasteiger charge is 2.34. The lowest BCUT2D eigenvalue weighted by Gasteiger charge is -2.37. The molecule has 0 atom stereocenters. The van der Waals surface area contributed by atoms with E-state index < -0.39 is 5.60 Å². The molecule has 2 aromatic carbocycles. The van der Waals surface area contributed by atoms with E-state index in [9.17, 15) is 9.59 Å². The highest BCUT2D eigenvalue weighted by molar-refractivity contribution is 5.95. The van der Waals surface area contributed by atoms with Gasteiger partial charge in [0.15, 0.2) is 0 Å². The second kappa shape index (κ2) is 11.8. The van der Waals surface area contributed by atoms with Crippen molar-refractivity contribution in [1.29, 1.82) is 0 Å². The average molecular weight is 560 g/mol. The van der Waals surface area contributed by atoms with Crippen LogP contribution in [0.15, 0.2) is 54.7 Å². The molecule has 2 aliphatic rings. The smallest absolute Gasteiger partial charge is 0.410 e. The van der Waals surface area contributed by atoms with Gasteiger partial charge in [-0.15, -0.1) is 0 Å². The first kappa shape index (κ1) is 28.5. The Morgan fingerprint density at radius 3 is 2.22 bits per heavy atom. The van der Waals surface area contributed by atoms with Gasteiger partial charge in [0.1, 0.15) is 11.4 Å². The molecule has 0 bridgehead atoms. The van der Waals surface area contributed by atoms with E-state index in [0.29, 0.717) is 31.7 Å². The number of aryl methyl sites for hydroxylation is 1. The summed E-state index contributed by atoms with van der Waals surface area (Å²) in [6.07, 6.45) is 2.92. The van der Waals surface area contributed by atoms with Crippen molar-refractivity contribution >= 4 is 17.7 Å². The van der Waals surface area contributed by atoms with Gasteiger partial charge in [0, 0.05) is 56.9 Å². The molecule has 41 heavy (non-hydrogen) atoms. The first-order valence-corrected chi connectivity index (χ1v) is 14.4. The molecule has 2 saturated heterocycles. The molecule has 0 saturated carbocycles. The van der Waals surface area contributed by atoms with Crippen molar-refractivity contribution in [3.63, 3.8) is 0 Å². The standard InChI is InChI=1S/C32H41N5O4/c1-23-8-6-10-26(20-23)37-29(24-12-14-36(15-13-24)31(39)41-32(2,3)4)28(22-33-37)30(38)35-18-16-34(17-19-35)25-9-7-11-27(21-25)40-5/h6-11,20-22,24H,12-19H2,1-5H3. The first-order chi connectivity index (χ1) is 19.6. The van der Waals surface area contributed by atoms with Crippen LogP contribution >= 0.6 is 0 Å². The van der Waals surface area contributed by atoms with E-state index in [4.69, 9.17) is 14.6 Å². The summed E-state index contributed by atoms with van der Waals surface area (Å²) in [5.41, 5.74) is 4.22. The number of amides is 2. The van der Waals surface area contributed by atoms with Gasteiger partial charge in [-0.1, -0.05) is 18.2 Å². The monoisotopic (exact) mass is 559 g/mol. The number of nitrogens with zero attached hydrogens (tertiary/aromatic N) is 5. The number of ether oxygens (including phenoxy) is 2. The number of benzene rings is 2. The van der Waals surface area contributed by atoms with E-state index in [-0.39, 0.29) is 17.9 Å². The van der Waals surface area contributed by atoms with Gasteiger partial charge in [-0.05, 0) is 70.4 Å². The molecule has 9 nitrogen and oxygen atoms in total. The zero-order chi connectivity index (χ0) is 29.1. The zero-order valence-corrected chi connectivity index (χ0v) is 24.8. The molecule has 2 fully saturated rings. The van der Waals surface area contributed by atoms with Crippen molar-refractivity contribution in [3.05, 3.63) is 71.5 Å². The number of anilines is 1. The van der Waals surface area contributed by atoms with Crippen LogP contribution in [0.5, 0.6) is 5.75 Å². The van der Waals surface area contributed by atoms with Crippen LogP contribution in [0.25, 0.3) is 5.69 Å². The Labute approximate surface area is 242 Å². The molecule has 0 aliphatic carbocycles. The zero-order valence-electron chi connectivity index (χ0n) is 24.8. The Balaban J connectivity index is 1.35. The number of piperidine rings is 1. The number of carbonyl (C=O) groups excluding carboxylic acids is 2. The van der Waals surface area contributed by atoms with Gasteiger partial charge in [-0.3, -0.25) is 4.79 Å². The van der Waals surface area contributed by atoms with E-state index in [0.717, 1.165) is 54.3 Å². The second-order valence-corrected chi connectivity index (χ2v) is 11.9. The number of hydrogen-bond donors (Lipinski definition) is 0. The van der Waals surface area contributed by atoms with Crippen molar-refractivity contribution in [2.45, 2.75) is 52.1 Å². The number of rotatable bonds is 5. The van der Waals surface area contributed by atoms with Crippen LogP contribution in [0.2, 0.25) is 0 Å². The van der Waals surface area contributed by atoms with Crippen LogP contribution < -0.4 is 9.64 Å². The number of likely N-dealkylation sites (tertiary alicyclic amines) is 1. The number of methoxy groups -OCH3 is 1. The summed E-state index contributed by atoms with van der Waals surface area (Å²) in [4.78, 5) is 32.7. The van der Waals surface area contributed by atoms with Gasteiger partial charge in [0.05, 0.1) is 30.3 Å². The fourth-order valence-corrected chi connectivity index (χ4v) is 5.69. The van der Waals surface area contributed by atoms with Crippen LogP contribution in [0.1, 0.15) is 61.1 Å². The van der Waals surface area contributed by atoms with Crippen molar-refractivity contribution in [1.82, 2.24) is 19.6 Å². The fraction of sp³-hybridized carbons (Fsp3) is 0.469. The lowest BCUT2D eigenvalue weighted by Crippen LogP contribution is -2.49. The molecular weight excluding hydrogens is 518 g/mol. The van der Waals surface area contributed by atoms with Crippen molar-refractivity contribution in [3.8, 4) is 11.4 Å². The molecule has 3 heterocycles. The summed E-state index contributed by atoms with van der Waals surface area (Å²) < 4.78 is 12.9. The number of piperazine rings is 1. The van der Waals surface area contributed by atoms with Gasteiger partial charge in [-0.25, -0.2) is 9.48 Å². The molecule has 218 valence electrons. The largest absolute Gasteiger partial charge is 0.497 e. The minimum absolute atomic E-state index is 0.0127. The predicted molar refractivity (Wildman–Crippen MR) is 159 cm³/mol. The highest BCUT2D eigenvalue weighted by atomic mass is 16.6. The van der Waals surface area contributed by atoms with Crippen molar-refractivity contribution in [2.75, 3.05) is 51.3 Å². The summed E-state index contributed by atoms with van der Waals surface area (Å²) >= 11 is 0. The Bertz CT molecular complexity index is 1380. The van der Waals surface area contributed by atoms with Gasteiger partial charge >= 0.3 is 6.09 Å². The van der Waals surface area contributed by atoms with Crippen LogP contribution in [0, 0.1) is 6.92 Å². The molecular formula is C32H41N5O4. The molecule has 0 N–H and O–H groups in total. The van der Waals surface area contributed by atoms with Gasteiger partial charge < -0.3 is 24.2 Å². The Morgan fingerprint density at radius 2 is 1.56 bits per heavy atom. The van der Waals surface area contributed by atoms with E-state index in [2.05, 4.69) is 30.0 Å². The number of hydrogen-bond acceptors (Lipinski definition) is 6. The maximum Gasteiger partial charge on any atom is 0.410 e. The minimum Gasteiger partial charge on any atom is -0.497 e. The van der Waals surface area contributed by atoms with Gasteiger partial charge in [-0.2, -0.15) is 5.10 Å². The topological polar surface area (TPSA) is 80.1 Å². The van der Waals surface area contributed by atoms with Gasteiger partial charge in [0.2, 0.25) is 0 Å². The Kier molecular flexibility index (Phi) is 8.24. The lowest BCUT2D eigenvalue weighted by molar-refractivity contribution is 0.0203. The Morgan fingerprint density at radius 1 is 0.878 bits per heavy atom. The minimum atomic E-state index is -0.534. The summed E-state index contributed by atoms with van der Waals surface area (Å²) in [7, 11) is 1.67. The second-order valence-electron chi connectivity index (χ2n) is 11.9. The molecule has 9 heteroatoms. The predicted octanol–water partition coefficient (Wildman–Crippen LogP) is 5.27. The molecule has 3 aromatic rings. The fourth-order valence-electron chi connectivity index (χ4n) is 5.69. The number of carbonyl (C=O) groups is 2. The van der Waals surface area contributed by atoms with E-state index in [1.54, 1.807) is 18.2 Å². The highest BCUT2D eigenvalue weighted by Crippen LogP contribution is 2.34. The molecule has 2 aliphatic heterocycles. The third-order valence-electron chi connectivity index (χ3n) is 7.80. The molecule has 0 unspecified atom stereocenters. The van der Waals surface area contributed by atoms with E-state index in [1.165, 1.54) is 0 Å². The lowest BCUT2D eigenvalue weighted by atomic mass is 9.90. The summed E-state index contributed by atoms with van der Waals surface area (Å²) in [6.45, 7) is 11.6. The van der Waals surface area contributed by atoms with Crippen molar-refractivity contribution < 1.29 is 19.1 Å². The third kappa shape index (κ3) is 6.50. The molecule has 2 amide bonds. The van der Waals surface area contributed by atoms with Crippen LogP contribution in [-0.2, 0) is 4.74 Å². The summed E-state index contributed by atoms with van der Waals surface area (Å²) in [6, 6.07) is 16.2.